The summed E-state index contributed by atoms with van der Waals surface area (Å²) >= 11 is 2.68. The maximum absolute atomic E-state index is 13.3. The Kier molecular flexibility index (Phi) is 10.3. The van der Waals surface area contributed by atoms with Crippen LogP contribution in [0.2, 0.25) is 0 Å². The minimum absolute atomic E-state index is 0.000401. The Balaban J connectivity index is 1.68. The number of nitrogens with zero attached hydrogens (tertiary/aromatic N) is 1. The van der Waals surface area contributed by atoms with E-state index in [4.69, 9.17) is 4.74 Å². The molecule has 1 atom stereocenters. The summed E-state index contributed by atoms with van der Waals surface area (Å²) < 4.78 is 4.96. The van der Waals surface area contributed by atoms with Gasteiger partial charge < -0.3 is 15.4 Å². The molecule has 0 radical (unpaired) electrons. The van der Waals surface area contributed by atoms with Crippen LogP contribution in [0.3, 0.4) is 0 Å². The van der Waals surface area contributed by atoms with Gasteiger partial charge in [-0.05, 0) is 43.2 Å². The molecule has 0 aliphatic carbocycles. The fraction of sp³-hybridized carbons (Fsp3) is 0.308. The van der Waals surface area contributed by atoms with Crippen molar-refractivity contribution >= 4 is 51.7 Å². The second kappa shape index (κ2) is 13.7. The number of carbonyl (C=O) groups is 3. The minimum atomic E-state index is -0.515. The highest BCUT2D eigenvalue weighted by Crippen LogP contribution is 2.37. The molecule has 2 aromatic carbocycles. The van der Waals surface area contributed by atoms with Crippen LogP contribution in [0.25, 0.3) is 0 Å². The molecule has 2 amide bonds. The van der Waals surface area contributed by atoms with Crippen molar-refractivity contribution in [3.63, 3.8) is 0 Å². The zero-order valence-corrected chi connectivity index (χ0v) is 21.4. The second-order valence-corrected chi connectivity index (χ2v) is 9.74. The van der Waals surface area contributed by atoms with E-state index in [0.29, 0.717) is 23.9 Å². The number of carbonyl (C=O) groups excluding carboxylic acids is 3. The van der Waals surface area contributed by atoms with E-state index >= 15 is 0 Å². The number of thioether (sulfide) groups is 1. The molecule has 9 heteroatoms. The van der Waals surface area contributed by atoms with Crippen molar-refractivity contribution in [2.75, 3.05) is 17.2 Å². The van der Waals surface area contributed by atoms with Crippen molar-refractivity contribution in [2.24, 2.45) is 0 Å². The van der Waals surface area contributed by atoms with E-state index in [9.17, 15) is 14.4 Å². The predicted octanol–water partition coefficient (Wildman–Crippen LogP) is 5.85. The Hall–Kier alpha value is -3.17. The van der Waals surface area contributed by atoms with E-state index < -0.39 is 5.25 Å². The van der Waals surface area contributed by atoms with Gasteiger partial charge in [-0.3, -0.25) is 14.4 Å². The van der Waals surface area contributed by atoms with Crippen LogP contribution in [0, 0.1) is 0 Å². The summed E-state index contributed by atoms with van der Waals surface area (Å²) in [6.45, 7) is 4.12. The molecule has 3 rings (SSSR count). The summed E-state index contributed by atoms with van der Waals surface area (Å²) in [5, 5.41) is 7.44. The highest BCUT2D eigenvalue weighted by Gasteiger charge is 2.23. The van der Waals surface area contributed by atoms with Gasteiger partial charge in [0, 0.05) is 22.4 Å². The molecule has 1 heterocycles. The molecule has 0 aliphatic heterocycles. The molecule has 0 aliphatic rings. The van der Waals surface area contributed by atoms with Crippen LogP contribution in [0.15, 0.2) is 64.9 Å². The van der Waals surface area contributed by atoms with E-state index in [1.807, 2.05) is 54.6 Å². The van der Waals surface area contributed by atoms with Gasteiger partial charge >= 0.3 is 5.97 Å². The van der Waals surface area contributed by atoms with Gasteiger partial charge in [0.25, 0.3) is 0 Å². The second-order valence-electron chi connectivity index (χ2n) is 7.70. The van der Waals surface area contributed by atoms with E-state index in [2.05, 4.69) is 22.5 Å². The lowest BCUT2D eigenvalue weighted by atomic mass is 10.1. The number of amides is 2. The molecule has 2 N–H and O–H groups in total. The Morgan fingerprint density at radius 1 is 1.03 bits per heavy atom. The van der Waals surface area contributed by atoms with Crippen molar-refractivity contribution in [2.45, 2.75) is 49.7 Å². The molecule has 1 unspecified atom stereocenters. The molecule has 0 saturated carbocycles. The first-order valence-corrected chi connectivity index (χ1v) is 13.3. The number of unbranched alkanes of at least 4 members (excludes halogenated alkanes) is 1. The zero-order valence-electron chi connectivity index (χ0n) is 19.8. The van der Waals surface area contributed by atoms with Crippen molar-refractivity contribution < 1.29 is 19.1 Å². The van der Waals surface area contributed by atoms with E-state index in [1.54, 1.807) is 12.3 Å². The first-order chi connectivity index (χ1) is 17.0. The number of ether oxygens (including phenoxy) is 1. The summed E-state index contributed by atoms with van der Waals surface area (Å²) in [7, 11) is 0. The van der Waals surface area contributed by atoms with Crippen molar-refractivity contribution in [3.8, 4) is 0 Å². The largest absolute Gasteiger partial charge is 0.466 e. The van der Waals surface area contributed by atoms with Crippen LogP contribution >= 0.6 is 23.1 Å². The smallest absolute Gasteiger partial charge is 0.311 e. The van der Waals surface area contributed by atoms with E-state index in [1.165, 1.54) is 23.1 Å². The van der Waals surface area contributed by atoms with Gasteiger partial charge in [-0.15, -0.1) is 23.1 Å². The van der Waals surface area contributed by atoms with Crippen LogP contribution in [0.5, 0.6) is 0 Å². The minimum Gasteiger partial charge on any atom is -0.466 e. The lowest BCUT2D eigenvalue weighted by Crippen LogP contribution is -2.19. The van der Waals surface area contributed by atoms with Gasteiger partial charge in [-0.2, -0.15) is 0 Å². The molecule has 0 fully saturated rings. The summed E-state index contributed by atoms with van der Waals surface area (Å²) in [5.74, 6) is -0.562. The van der Waals surface area contributed by atoms with Crippen LogP contribution < -0.4 is 10.6 Å². The topological polar surface area (TPSA) is 97.4 Å². The summed E-state index contributed by atoms with van der Waals surface area (Å²) in [6.07, 6.45) is 2.40. The van der Waals surface area contributed by atoms with Crippen molar-refractivity contribution in [1.82, 2.24) is 4.98 Å². The standard InChI is InChI=1S/C26H29N3O4S2/c1-3-5-11-22(30)27-19-12-14-21(15-13-19)35-24(18-9-7-6-8-10-18)25(32)29-26-28-20(17-34-26)16-23(31)33-4-2/h6-10,12-15,17,24H,3-5,11,16H2,1-2H3,(H,27,30)(H,28,29,32). The van der Waals surface area contributed by atoms with Gasteiger partial charge in [0.2, 0.25) is 11.8 Å². The van der Waals surface area contributed by atoms with Crippen LogP contribution in [0.4, 0.5) is 10.8 Å². The number of rotatable bonds is 12. The summed E-state index contributed by atoms with van der Waals surface area (Å²) in [4.78, 5) is 42.2. The Morgan fingerprint density at radius 2 is 1.77 bits per heavy atom. The monoisotopic (exact) mass is 511 g/mol. The molecule has 0 saturated heterocycles. The van der Waals surface area contributed by atoms with Gasteiger partial charge in [0.05, 0.1) is 18.7 Å². The number of hydrogen-bond donors (Lipinski definition) is 2. The number of nitrogens with one attached hydrogen (secondary N) is 2. The number of thiazole rings is 1. The molecule has 1 aromatic heterocycles. The molecule has 3 aromatic rings. The van der Waals surface area contributed by atoms with E-state index in [-0.39, 0.29) is 24.2 Å². The van der Waals surface area contributed by atoms with Gasteiger partial charge in [0.1, 0.15) is 5.25 Å². The average Bonchev–Trinajstić information content (AvgIpc) is 3.29. The summed E-state index contributed by atoms with van der Waals surface area (Å²) in [6, 6.07) is 17.0. The maximum Gasteiger partial charge on any atom is 0.311 e. The highest BCUT2D eigenvalue weighted by atomic mass is 32.2. The van der Waals surface area contributed by atoms with Crippen molar-refractivity contribution in [3.05, 3.63) is 71.2 Å². The summed E-state index contributed by atoms with van der Waals surface area (Å²) in [5.41, 5.74) is 2.15. The first kappa shape index (κ1) is 26.4. The molecule has 0 spiro atoms. The Labute approximate surface area is 213 Å². The fourth-order valence-corrected chi connectivity index (χ4v) is 4.93. The molecular weight excluding hydrogens is 482 g/mol. The van der Waals surface area contributed by atoms with E-state index in [0.717, 1.165) is 29.0 Å². The number of benzene rings is 2. The lowest BCUT2D eigenvalue weighted by molar-refractivity contribution is -0.142. The predicted molar refractivity (Wildman–Crippen MR) is 141 cm³/mol. The molecular formula is C26H29N3O4S2. The highest BCUT2D eigenvalue weighted by molar-refractivity contribution is 8.00. The third kappa shape index (κ3) is 8.52. The quantitative estimate of drug-likeness (QED) is 0.234. The van der Waals surface area contributed by atoms with Crippen LogP contribution in [0.1, 0.15) is 49.6 Å². The van der Waals surface area contributed by atoms with Gasteiger partial charge in [0.15, 0.2) is 5.13 Å². The van der Waals surface area contributed by atoms with Crippen LogP contribution in [-0.2, 0) is 25.5 Å². The molecule has 184 valence electrons. The van der Waals surface area contributed by atoms with Crippen LogP contribution in [-0.4, -0.2) is 29.4 Å². The third-order valence-corrected chi connectivity index (χ3v) is 6.98. The fourth-order valence-electron chi connectivity index (χ4n) is 3.19. The number of aromatic nitrogens is 1. The first-order valence-electron chi connectivity index (χ1n) is 11.5. The Bertz CT molecular complexity index is 1120. The Morgan fingerprint density at radius 3 is 2.46 bits per heavy atom. The normalized spacial score (nSPS) is 11.5. The maximum atomic E-state index is 13.3. The average molecular weight is 512 g/mol. The van der Waals surface area contributed by atoms with Crippen molar-refractivity contribution in [1.29, 1.82) is 0 Å². The molecule has 7 nitrogen and oxygen atoms in total. The van der Waals surface area contributed by atoms with Gasteiger partial charge in [-0.1, -0.05) is 43.7 Å². The molecule has 0 bridgehead atoms. The SMILES string of the molecule is CCCCC(=O)Nc1ccc(SC(C(=O)Nc2nc(CC(=O)OCC)cs2)c2ccccc2)cc1. The number of hydrogen-bond acceptors (Lipinski definition) is 7. The van der Waals surface area contributed by atoms with Gasteiger partial charge in [-0.25, -0.2) is 4.98 Å². The zero-order chi connectivity index (χ0) is 25.0. The third-order valence-electron chi connectivity index (χ3n) is 4.90. The number of esters is 1. The number of anilines is 2. The lowest BCUT2D eigenvalue weighted by Gasteiger charge is -2.16. The molecule has 35 heavy (non-hydrogen) atoms.